The van der Waals surface area contributed by atoms with Crippen molar-refractivity contribution in [2.75, 3.05) is 30.9 Å². The Morgan fingerprint density at radius 1 is 1.40 bits per heavy atom. The van der Waals surface area contributed by atoms with Crippen molar-refractivity contribution in [3.8, 4) is 0 Å². The molecule has 20 heavy (non-hydrogen) atoms. The summed E-state index contributed by atoms with van der Waals surface area (Å²) in [7, 11) is 3.74. The first kappa shape index (κ1) is 14.0. The highest BCUT2D eigenvalue weighted by molar-refractivity contribution is 5.41. The average molecular weight is 273 g/mol. The normalized spacial score (nSPS) is 10.3. The first-order chi connectivity index (χ1) is 9.63. The summed E-state index contributed by atoms with van der Waals surface area (Å²) in [5, 5.41) is 7.19. The van der Waals surface area contributed by atoms with Crippen LogP contribution in [0.3, 0.4) is 0 Å². The van der Waals surface area contributed by atoms with Gasteiger partial charge in [0.2, 0.25) is 0 Å². The number of hydrogen-bond acceptors (Lipinski definition) is 5. The Kier molecular flexibility index (Phi) is 4.34. The molecule has 2 rings (SSSR count). The summed E-state index contributed by atoms with van der Waals surface area (Å²) in [6.07, 6.45) is 3.43. The van der Waals surface area contributed by atoms with E-state index in [0.717, 1.165) is 23.6 Å². The Morgan fingerprint density at radius 3 is 2.85 bits per heavy atom. The minimum atomic E-state index is -0.106. The molecular formula is C14H19N5O. The summed E-state index contributed by atoms with van der Waals surface area (Å²) < 4.78 is 1.45. The average Bonchev–Trinajstić information content (AvgIpc) is 2.48. The molecule has 2 aromatic rings. The predicted molar refractivity (Wildman–Crippen MR) is 80.3 cm³/mol. The van der Waals surface area contributed by atoms with E-state index in [-0.39, 0.29) is 5.56 Å². The number of nitrogens with zero attached hydrogens (tertiary/aromatic N) is 4. The second-order valence-corrected chi connectivity index (χ2v) is 4.52. The molecule has 0 aliphatic carbocycles. The van der Waals surface area contributed by atoms with Gasteiger partial charge in [0.15, 0.2) is 0 Å². The van der Waals surface area contributed by atoms with Crippen molar-refractivity contribution in [1.82, 2.24) is 14.8 Å². The van der Waals surface area contributed by atoms with Crippen molar-refractivity contribution >= 4 is 11.5 Å². The third kappa shape index (κ3) is 3.14. The maximum atomic E-state index is 12.1. The van der Waals surface area contributed by atoms with Crippen LogP contribution < -0.4 is 15.8 Å². The monoisotopic (exact) mass is 273 g/mol. The standard InChI is InChI=1S/C14H19N5O/c1-4-18(3)12-8-14(20)19(17-9-12)10-11-5-6-16-13(7-11)15-2/h5-9H,4,10H2,1-3H3,(H,15,16). The number of nitrogens with one attached hydrogen (secondary N) is 1. The second-order valence-electron chi connectivity index (χ2n) is 4.52. The molecule has 0 aromatic carbocycles. The van der Waals surface area contributed by atoms with E-state index in [1.165, 1.54) is 4.68 Å². The molecule has 2 aromatic heterocycles. The Balaban J connectivity index is 2.23. The molecule has 0 atom stereocenters. The van der Waals surface area contributed by atoms with Gasteiger partial charge in [-0.15, -0.1) is 0 Å². The fraction of sp³-hybridized carbons (Fsp3) is 0.357. The highest BCUT2D eigenvalue weighted by atomic mass is 16.1. The van der Waals surface area contributed by atoms with Crippen LogP contribution in [0.4, 0.5) is 11.5 Å². The van der Waals surface area contributed by atoms with Crippen LogP contribution in [0.15, 0.2) is 35.4 Å². The van der Waals surface area contributed by atoms with Gasteiger partial charge in [-0.25, -0.2) is 9.67 Å². The lowest BCUT2D eigenvalue weighted by Gasteiger charge is -2.16. The Hall–Kier alpha value is -2.37. The molecule has 0 fully saturated rings. The zero-order valence-electron chi connectivity index (χ0n) is 12.0. The highest BCUT2D eigenvalue weighted by Crippen LogP contribution is 2.08. The van der Waals surface area contributed by atoms with Crippen molar-refractivity contribution in [3.05, 3.63) is 46.5 Å². The molecule has 0 aliphatic heterocycles. The maximum Gasteiger partial charge on any atom is 0.269 e. The molecule has 6 nitrogen and oxygen atoms in total. The highest BCUT2D eigenvalue weighted by Gasteiger charge is 2.04. The first-order valence-corrected chi connectivity index (χ1v) is 6.55. The van der Waals surface area contributed by atoms with Crippen LogP contribution in [0.5, 0.6) is 0 Å². The Labute approximate surface area is 118 Å². The van der Waals surface area contributed by atoms with Gasteiger partial charge in [0.1, 0.15) is 5.82 Å². The van der Waals surface area contributed by atoms with E-state index in [1.54, 1.807) is 18.5 Å². The molecule has 1 N–H and O–H groups in total. The third-order valence-corrected chi connectivity index (χ3v) is 3.18. The molecule has 0 spiro atoms. The summed E-state index contributed by atoms with van der Waals surface area (Å²) >= 11 is 0. The zero-order chi connectivity index (χ0) is 14.5. The van der Waals surface area contributed by atoms with Gasteiger partial charge in [-0.3, -0.25) is 4.79 Å². The van der Waals surface area contributed by atoms with E-state index < -0.39 is 0 Å². The number of aromatic nitrogens is 3. The van der Waals surface area contributed by atoms with Crippen molar-refractivity contribution < 1.29 is 0 Å². The number of hydrogen-bond donors (Lipinski definition) is 1. The molecule has 106 valence electrons. The van der Waals surface area contributed by atoms with E-state index in [4.69, 9.17) is 0 Å². The maximum absolute atomic E-state index is 12.1. The van der Waals surface area contributed by atoms with Crippen LogP contribution in [0.2, 0.25) is 0 Å². The van der Waals surface area contributed by atoms with Gasteiger partial charge < -0.3 is 10.2 Å². The fourth-order valence-corrected chi connectivity index (χ4v) is 1.82. The van der Waals surface area contributed by atoms with Gasteiger partial charge in [-0.2, -0.15) is 5.10 Å². The van der Waals surface area contributed by atoms with E-state index in [0.29, 0.717) is 6.54 Å². The zero-order valence-corrected chi connectivity index (χ0v) is 12.0. The van der Waals surface area contributed by atoms with Gasteiger partial charge in [-0.1, -0.05) is 0 Å². The van der Waals surface area contributed by atoms with Gasteiger partial charge >= 0.3 is 0 Å². The molecule has 0 radical (unpaired) electrons. The van der Waals surface area contributed by atoms with Crippen LogP contribution in [0, 0.1) is 0 Å². The van der Waals surface area contributed by atoms with Gasteiger partial charge in [-0.05, 0) is 24.6 Å². The lowest BCUT2D eigenvalue weighted by molar-refractivity contribution is 0.637. The van der Waals surface area contributed by atoms with Crippen molar-refractivity contribution in [1.29, 1.82) is 0 Å². The smallest absolute Gasteiger partial charge is 0.269 e. The number of anilines is 2. The molecule has 0 saturated carbocycles. The van der Waals surface area contributed by atoms with Crippen molar-refractivity contribution in [2.24, 2.45) is 0 Å². The summed E-state index contributed by atoms with van der Waals surface area (Å²) in [5.41, 5.74) is 1.71. The third-order valence-electron chi connectivity index (χ3n) is 3.18. The van der Waals surface area contributed by atoms with Gasteiger partial charge in [0.25, 0.3) is 5.56 Å². The molecule has 0 saturated heterocycles. The Morgan fingerprint density at radius 2 is 2.20 bits per heavy atom. The summed E-state index contributed by atoms with van der Waals surface area (Å²) in [6, 6.07) is 5.39. The fourth-order valence-electron chi connectivity index (χ4n) is 1.82. The van der Waals surface area contributed by atoms with Gasteiger partial charge in [0, 0.05) is 32.9 Å². The SMILES string of the molecule is CCN(C)c1cnn(Cc2ccnc(NC)c2)c(=O)c1. The van der Waals surface area contributed by atoms with E-state index in [1.807, 2.05) is 38.1 Å². The molecule has 0 unspecified atom stereocenters. The predicted octanol–water partition coefficient (Wildman–Crippen LogP) is 1.18. The quantitative estimate of drug-likeness (QED) is 0.886. The number of pyridine rings is 1. The second kappa shape index (κ2) is 6.18. The summed E-state index contributed by atoms with van der Waals surface area (Å²) in [4.78, 5) is 18.2. The number of rotatable bonds is 5. The van der Waals surface area contributed by atoms with Crippen LogP contribution in [-0.2, 0) is 6.54 Å². The van der Waals surface area contributed by atoms with E-state index >= 15 is 0 Å². The molecule has 0 amide bonds. The van der Waals surface area contributed by atoms with Crippen molar-refractivity contribution in [2.45, 2.75) is 13.5 Å². The van der Waals surface area contributed by atoms with Gasteiger partial charge in [0.05, 0.1) is 18.4 Å². The van der Waals surface area contributed by atoms with Crippen LogP contribution in [0.1, 0.15) is 12.5 Å². The summed E-state index contributed by atoms with van der Waals surface area (Å²) in [6.45, 7) is 3.30. The first-order valence-electron chi connectivity index (χ1n) is 6.55. The van der Waals surface area contributed by atoms with Crippen LogP contribution in [-0.4, -0.2) is 35.4 Å². The lowest BCUT2D eigenvalue weighted by Crippen LogP contribution is -2.26. The molecule has 0 bridgehead atoms. The van der Waals surface area contributed by atoms with Crippen LogP contribution >= 0.6 is 0 Å². The van der Waals surface area contributed by atoms with E-state index in [2.05, 4.69) is 15.4 Å². The topological polar surface area (TPSA) is 63.1 Å². The Bertz CT molecular complexity index is 637. The molecular weight excluding hydrogens is 254 g/mol. The molecule has 0 aliphatic rings. The van der Waals surface area contributed by atoms with E-state index in [9.17, 15) is 4.79 Å². The minimum absolute atomic E-state index is 0.106. The summed E-state index contributed by atoms with van der Waals surface area (Å²) in [5.74, 6) is 0.776. The van der Waals surface area contributed by atoms with Crippen LogP contribution in [0.25, 0.3) is 0 Å². The molecule has 2 heterocycles. The lowest BCUT2D eigenvalue weighted by atomic mass is 10.2. The van der Waals surface area contributed by atoms with Crippen molar-refractivity contribution in [3.63, 3.8) is 0 Å². The molecule has 6 heteroatoms. The largest absolute Gasteiger partial charge is 0.373 e. The minimum Gasteiger partial charge on any atom is -0.373 e.